The highest BCUT2D eigenvalue weighted by atomic mass is 32.1. The van der Waals surface area contributed by atoms with Gasteiger partial charge in [-0.15, -0.1) is 11.3 Å². The lowest BCUT2D eigenvalue weighted by atomic mass is 10.1. The van der Waals surface area contributed by atoms with Gasteiger partial charge in [-0.25, -0.2) is 4.98 Å². The second-order valence-corrected chi connectivity index (χ2v) is 7.21. The molecular formula is C15H23N3O2S. The molecular weight excluding hydrogens is 286 g/mol. The molecule has 3 aliphatic heterocycles. The number of likely N-dealkylation sites (tertiary alicyclic amines) is 1. The van der Waals surface area contributed by atoms with Crippen LogP contribution in [-0.4, -0.2) is 72.4 Å². The van der Waals surface area contributed by atoms with E-state index in [0.717, 1.165) is 45.9 Å². The molecule has 3 atom stereocenters. The summed E-state index contributed by atoms with van der Waals surface area (Å²) in [4.78, 5) is 9.49. The largest absolute Gasteiger partial charge is 0.377 e. The normalized spacial score (nSPS) is 34.4. The molecule has 6 heteroatoms. The van der Waals surface area contributed by atoms with Gasteiger partial charge in [-0.2, -0.15) is 0 Å². The van der Waals surface area contributed by atoms with Crippen LogP contribution in [0, 0.1) is 0 Å². The molecule has 0 unspecified atom stereocenters. The summed E-state index contributed by atoms with van der Waals surface area (Å²) in [6.07, 6.45) is 5.14. The molecule has 0 aromatic carbocycles. The van der Waals surface area contributed by atoms with Crippen LogP contribution < -0.4 is 0 Å². The van der Waals surface area contributed by atoms with E-state index in [1.54, 1.807) is 11.3 Å². The van der Waals surface area contributed by atoms with Gasteiger partial charge in [0.15, 0.2) is 0 Å². The van der Waals surface area contributed by atoms with Crippen molar-refractivity contribution in [1.82, 2.24) is 14.8 Å². The monoisotopic (exact) mass is 309 g/mol. The van der Waals surface area contributed by atoms with E-state index >= 15 is 0 Å². The van der Waals surface area contributed by atoms with Crippen molar-refractivity contribution in [2.75, 3.05) is 39.4 Å². The summed E-state index contributed by atoms with van der Waals surface area (Å²) >= 11 is 1.74. The Morgan fingerprint density at radius 2 is 2.29 bits per heavy atom. The van der Waals surface area contributed by atoms with Gasteiger partial charge in [-0.3, -0.25) is 9.80 Å². The maximum Gasteiger partial charge on any atom is 0.107 e. The van der Waals surface area contributed by atoms with E-state index in [1.165, 1.54) is 17.8 Å². The number of rotatable bonds is 4. The van der Waals surface area contributed by atoms with Crippen molar-refractivity contribution in [2.45, 2.75) is 37.6 Å². The van der Waals surface area contributed by atoms with Gasteiger partial charge in [0.25, 0.3) is 0 Å². The third kappa shape index (κ3) is 3.14. The van der Waals surface area contributed by atoms with Gasteiger partial charge in [-0.1, -0.05) is 0 Å². The van der Waals surface area contributed by atoms with Crippen molar-refractivity contribution in [1.29, 1.82) is 0 Å². The zero-order valence-corrected chi connectivity index (χ0v) is 13.1. The van der Waals surface area contributed by atoms with E-state index in [9.17, 15) is 0 Å². The van der Waals surface area contributed by atoms with E-state index in [4.69, 9.17) is 9.47 Å². The van der Waals surface area contributed by atoms with Crippen LogP contribution in [0.15, 0.2) is 11.6 Å². The highest BCUT2D eigenvalue weighted by molar-refractivity contribution is 7.09. The molecule has 0 amide bonds. The topological polar surface area (TPSA) is 37.8 Å². The lowest BCUT2D eigenvalue weighted by Crippen LogP contribution is -2.52. The van der Waals surface area contributed by atoms with Gasteiger partial charge in [0.05, 0.1) is 25.4 Å². The molecule has 116 valence electrons. The summed E-state index contributed by atoms with van der Waals surface area (Å²) in [6, 6.07) is 0.530. The minimum atomic E-state index is 0.361. The van der Waals surface area contributed by atoms with Crippen LogP contribution in [0.5, 0.6) is 0 Å². The molecule has 5 nitrogen and oxygen atoms in total. The molecule has 0 bridgehead atoms. The van der Waals surface area contributed by atoms with E-state index < -0.39 is 0 Å². The van der Waals surface area contributed by atoms with Crippen LogP contribution in [0.4, 0.5) is 0 Å². The van der Waals surface area contributed by atoms with Gasteiger partial charge >= 0.3 is 0 Å². The van der Waals surface area contributed by atoms with Crippen LogP contribution >= 0.6 is 11.3 Å². The summed E-state index contributed by atoms with van der Waals surface area (Å²) in [6.45, 7) is 7.02. The van der Waals surface area contributed by atoms with Gasteiger partial charge in [0.1, 0.15) is 5.01 Å². The average molecular weight is 309 g/mol. The van der Waals surface area contributed by atoms with Gasteiger partial charge in [0, 0.05) is 50.4 Å². The molecule has 21 heavy (non-hydrogen) atoms. The van der Waals surface area contributed by atoms with Crippen molar-refractivity contribution < 1.29 is 9.47 Å². The SMILES string of the molecule is c1csc(CN2C[C@@H]3OCCN(C[C@H]4CCCO4)[C@@H]3C2)n1. The lowest BCUT2D eigenvalue weighted by molar-refractivity contribution is -0.0615. The Morgan fingerprint density at radius 1 is 1.29 bits per heavy atom. The number of ether oxygens (including phenoxy) is 2. The maximum absolute atomic E-state index is 6.00. The standard InChI is InChI=1S/C15H23N3O2S/c1-2-12(19-5-1)8-18-4-6-20-14-10-17(9-13(14)18)11-15-16-3-7-21-15/h3,7,12-14H,1-2,4-6,8-11H2/t12-,13-,14+/m1/s1. The number of morpholine rings is 1. The van der Waals surface area contributed by atoms with Crippen molar-refractivity contribution in [3.63, 3.8) is 0 Å². The predicted octanol–water partition coefficient (Wildman–Crippen LogP) is 1.21. The van der Waals surface area contributed by atoms with Crippen LogP contribution in [0.1, 0.15) is 17.8 Å². The second-order valence-electron chi connectivity index (χ2n) is 6.23. The van der Waals surface area contributed by atoms with Gasteiger partial charge in [0.2, 0.25) is 0 Å². The third-order valence-corrected chi connectivity index (χ3v) is 5.56. The fourth-order valence-corrected chi connectivity index (χ4v) is 4.42. The fourth-order valence-electron chi connectivity index (χ4n) is 3.76. The molecule has 0 aliphatic carbocycles. The molecule has 0 spiro atoms. The minimum absolute atomic E-state index is 0.361. The molecule has 0 radical (unpaired) electrons. The Bertz CT molecular complexity index is 450. The molecule has 4 rings (SSSR count). The molecule has 0 N–H and O–H groups in total. The van der Waals surface area contributed by atoms with E-state index in [1.807, 2.05) is 6.20 Å². The van der Waals surface area contributed by atoms with Crippen LogP contribution in [0.25, 0.3) is 0 Å². The predicted molar refractivity (Wildman–Crippen MR) is 81.5 cm³/mol. The summed E-state index contributed by atoms with van der Waals surface area (Å²) in [7, 11) is 0. The van der Waals surface area contributed by atoms with Crippen molar-refractivity contribution >= 4 is 11.3 Å². The summed E-state index contributed by atoms with van der Waals surface area (Å²) in [5, 5.41) is 3.26. The Kier molecular flexibility index (Phi) is 4.23. The first-order chi connectivity index (χ1) is 10.4. The lowest BCUT2D eigenvalue weighted by Gasteiger charge is -2.38. The van der Waals surface area contributed by atoms with Crippen LogP contribution in [-0.2, 0) is 16.0 Å². The quantitative estimate of drug-likeness (QED) is 0.836. The summed E-state index contributed by atoms with van der Waals surface area (Å²) in [5.74, 6) is 0. The number of aromatic nitrogens is 1. The number of hydrogen-bond acceptors (Lipinski definition) is 6. The molecule has 1 aromatic rings. The molecule has 3 fully saturated rings. The van der Waals surface area contributed by atoms with Gasteiger partial charge < -0.3 is 9.47 Å². The highest BCUT2D eigenvalue weighted by Crippen LogP contribution is 2.26. The smallest absolute Gasteiger partial charge is 0.107 e. The Morgan fingerprint density at radius 3 is 3.10 bits per heavy atom. The molecule has 4 heterocycles. The van der Waals surface area contributed by atoms with Crippen LogP contribution in [0.2, 0.25) is 0 Å². The van der Waals surface area contributed by atoms with Gasteiger partial charge in [-0.05, 0) is 12.8 Å². The zero-order chi connectivity index (χ0) is 14.1. The van der Waals surface area contributed by atoms with Crippen molar-refractivity contribution in [3.8, 4) is 0 Å². The molecule has 3 saturated heterocycles. The summed E-state index contributed by atoms with van der Waals surface area (Å²) < 4.78 is 11.8. The Balaban J connectivity index is 1.37. The van der Waals surface area contributed by atoms with Crippen molar-refractivity contribution in [2.24, 2.45) is 0 Å². The first-order valence-corrected chi connectivity index (χ1v) is 8.84. The number of hydrogen-bond donors (Lipinski definition) is 0. The highest BCUT2D eigenvalue weighted by Gasteiger charge is 2.40. The maximum atomic E-state index is 6.00. The Hall–Kier alpha value is -0.530. The Labute approximate surface area is 129 Å². The molecule has 0 saturated carbocycles. The molecule has 1 aromatic heterocycles. The zero-order valence-electron chi connectivity index (χ0n) is 12.3. The van der Waals surface area contributed by atoms with E-state index in [2.05, 4.69) is 20.2 Å². The molecule has 3 aliphatic rings. The van der Waals surface area contributed by atoms with E-state index in [-0.39, 0.29) is 0 Å². The average Bonchev–Trinajstić information content (AvgIpc) is 3.20. The first-order valence-electron chi connectivity index (χ1n) is 7.96. The third-order valence-electron chi connectivity index (χ3n) is 4.80. The fraction of sp³-hybridized carbons (Fsp3) is 0.800. The van der Waals surface area contributed by atoms with E-state index in [0.29, 0.717) is 18.2 Å². The number of fused-ring (bicyclic) bond motifs is 1. The minimum Gasteiger partial charge on any atom is -0.377 e. The summed E-state index contributed by atoms with van der Waals surface area (Å²) in [5.41, 5.74) is 0. The van der Waals surface area contributed by atoms with Crippen LogP contribution in [0.3, 0.4) is 0 Å². The number of nitrogens with zero attached hydrogens (tertiary/aromatic N) is 3. The first kappa shape index (κ1) is 14.1. The second kappa shape index (κ2) is 6.30. The van der Waals surface area contributed by atoms with Crippen molar-refractivity contribution in [3.05, 3.63) is 16.6 Å². The number of thiazole rings is 1.